The van der Waals surface area contributed by atoms with Crippen LogP contribution in [0.25, 0.3) is 0 Å². The Hall–Kier alpha value is -2.22. The van der Waals surface area contributed by atoms with Gasteiger partial charge in [0.15, 0.2) is 0 Å². The first-order chi connectivity index (χ1) is 14.5. The number of anilines is 1. The summed E-state index contributed by atoms with van der Waals surface area (Å²) in [4.78, 5) is 39.0. The van der Waals surface area contributed by atoms with E-state index in [0.717, 1.165) is 31.2 Å². The first kappa shape index (κ1) is 25.0. The van der Waals surface area contributed by atoms with Crippen molar-refractivity contribution in [2.45, 2.75) is 71.4 Å². The monoisotopic (exact) mass is 449 g/mol. The van der Waals surface area contributed by atoms with Crippen LogP contribution in [0.4, 0.5) is 5.69 Å². The molecule has 0 heterocycles. The summed E-state index contributed by atoms with van der Waals surface area (Å²) in [6, 6.07) is 7.45. The van der Waals surface area contributed by atoms with E-state index in [1.807, 2.05) is 39.8 Å². The number of benzene rings is 1. The molecule has 0 saturated heterocycles. The average molecular weight is 450 g/mol. The van der Waals surface area contributed by atoms with Gasteiger partial charge in [-0.3, -0.25) is 18.6 Å². The number of amides is 3. The Morgan fingerprint density at radius 3 is 2.19 bits per heavy atom. The summed E-state index contributed by atoms with van der Waals surface area (Å²) in [5.74, 6) is -1.57. The normalized spacial score (nSPS) is 15.7. The third-order valence-electron chi connectivity index (χ3n) is 5.29. The van der Waals surface area contributed by atoms with E-state index < -0.39 is 28.2 Å². The van der Waals surface area contributed by atoms with Crippen LogP contribution in [0, 0.1) is 6.92 Å². The molecule has 0 bridgehead atoms. The maximum Gasteiger partial charge on any atom is 0.239 e. The Balaban J connectivity index is 1.88. The molecular weight excluding hydrogens is 414 g/mol. The minimum atomic E-state index is -1.67. The first-order valence-corrected chi connectivity index (χ1v) is 12.3. The minimum Gasteiger partial charge on any atom is -0.352 e. The van der Waals surface area contributed by atoms with Crippen molar-refractivity contribution in [1.82, 2.24) is 10.2 Å². The quantitative estimate of drug-likeness (QED) is 0.638. The van der Waals surface area contributed by atoms with Crippen molar-refractivity contribution in [1.29, 1.82) is 0 Å². The van der Waals surface area contributed by atoms with Crippen molar-refractivity contribution in [2.75, 3.05) is 23.4 Å². The van der Waals surface area contributed by atoms with Gasteiger partial charge >= 0.3 is 0 Å². The summed E-state index contributed by atoms with van der Waals surface area (Å²) < 4.78 is 12.4. The van der Waals surface area contributed by atoms with E-state index in [9.17, 15) is 18.6 Å². The van der Waals surface area contributed by atoms with Crippen LogP contribution < -0.4 is 10.6 Å². The first-order valence-electron chi connectivity index (χ1n) is 10.9. The van der Waals surface area contributed by atoms with E-state index in [0.29, 0.717) is 5.69 Å². The van der Waals surface area contributed by atoms with Crippen molar-refractivity contribution < 1.29 is 18.6 Å². The molecule has 3 amide bonds. The third-order valence-corrected chi connectivity index (χ3v) is 6.45. The molecule has 0 spiro atoms. The highest BCUT2D eigenvalue weighted by Crippen LogP contribution is 2.18. The van der Waals surface area contributed by atoms with Gasteiger partial charge < -0.3 is 15.5 Å². The van der Waals surface area contributed by atoms with Gasteiger partial charge in [0.05, 0.1) is 0 Å². The van der Waals surface area contributed by atoms with E-state index in [1.165, 1.54) is 11.3 Å². The fraction of sp³-hybridized carbons (Fsp3) is 0.609. The molecule has 0 radical (unpaired) electrons. The fourth-order valence-electron chi connectivity index (χ4n) is 3.61. The zero-order chi connectivity index (χ0) is 23.0. The van der Waals surface area contributed by atoms with Crippen LogP contribution in [0.2, 0.25) is 0 Å². The zero-order valence-electron chi connectivity index (χ0n) is 19.0. The van der Waals surface area contributed by atoms with Gasteiger partial charge in [0, 0.05) is 28.1 Å². The van der Waals surface area contributed by atoms with E-state index in [4.69, 9.17) is 0 Å². The average Bonchev–Trinajstić information content (AvgIpc) is 2.67. The highest BCUT2D eigenvalue weighted by atomic mass is 32.2. The van der Waals surface area contributed by atoms with Gasteiger partial charge in [-0.1, -0.05) is 37.0 Å². The van der Waals surface area contributed by atoms with Crippen LogP contribution in [0.5, 0.6) is 0 Å². The maximum absolute atomic E-state index is 12.8. The highest BCUT2D eigenvalue weighted by molar-refractivity contribution is 7.86. The number of hydrogen-bond donors (Lipinski definition) is 2. The van der Waals surface area contributed by atoms with E-state index in [-0.39, 0.29) is 30.0 Å². The second-order valence-corrected chi connectivity index (χ2v) is 10.7. The van der Waals surface area contributed by atoms with Crippen molar-refractivity contribution in [3.63, 3.8) is 0 Å². The summed E-state index contributed by atoms with van der Waals surface area (Å²) in [6.45, 7) is 7.39. The molecule has 1 saturated carbocycles. The summed E-state index contributed by atoms with van der Waals surface area (Å²) >= 11 is 0. The van der Waals surface area contributed by atoms with Crippen molar-refractivity contribution in [3.05, 3.63) is 29.8 Å². The molecule has 2 rings (SSSR count). The van der Waals surface area contributed by atoms with Crippen molar-refractivity contribution >= 4 is 34.2 Å². The molecule has 1 unspecified atom stereocenters. The van der Waals surface area contributed by atoms with Crippen molar-refractivity contribution in [2.24, 2.45) is 0 Å². The SMILES string of the molecule is Cc1ccc(NC(=O)CS(=O)CC(=O)N(CC(=O)NC2CCCCC2)C(C)(C)C)cc1. The van der Waals surface area contributed by atoms with Gasteiger partial charge in [-0.2, -0.15) is 0 Å². The topological polar surface area (TPSA) is 95.6 Å². The lowest BCUT2D eigenvalue weighted by Crippen LogP contribution is -2.53. The molecule has 31 heavy (non-hydrogen) atoms. The zero-order valence-corrected chi connectivity index (χ0v) is 19.8. The Kier molecular flexibility index (Phi) is 9.22. The lowest BCUT2D eigenvalue weighted by molar-refractivity contribution is -0.138. The second-order valence-electron chi connectivity index (χ2n) is 9.20. The molecule has 1 aliphatic carbocycles. The number of hydrogen-bond acceptors (Lipinski definition) is 4. The maximum atomic E-state index is 12.8. The van der Waals surface area contributed by atoms with Gasteiger partial charge in [0.2, 0.25) is 17.7 Å². The standard InChI is InChI=1S/C23H35N3O4S/c1-17-10-12-19(13-11-17)25-21(28)15-31(30)16-22(29)26(23(2,3)4)14-20(27)24-18-8-6-5-7-9-18/h10-13,18H,5-9,14-16H2,1-4H3,(H,24,27)(H,25,28). The molecule has 172 valence electrons. The van der Waals surface area contributed by atoms with Gasteiger partial charge in [0.25, 0.3) is 0 Å². The van der Waals surface area contributed by atoms with E-state index in [1.54, 1.807) is 12.1 Å². The summed E-state index contributed by atoms with van der Waals surface area (Å²) in [6.07, 6.45) is 5.35. The Labute approximate surface area is 187 Å². The fourth-order valence-corrected chi connectivity index (χ4v) is 4.51. The molecule has 0 aromatic heterocycles. The van der Waals surface area contributed by atoms with Crippen LogP contribution in [0.1, 0.15) is 58.4 Å². The molecule has 0 aliphatic heterocycles. The number of nitrogens with one attached hydrogen (secondary N) is 2. The van der Waals surface area contributed by atoms with Crippen molar-refractivity contribution in [3.8, 4) is 0 Å². The molecule has 1 aromatic rings. The predicted octanol–water partition coefficient (Wildman–Crippen LogP) is 2.76. The van der Waals surface area contributed by atoms with Crippen LogP contribution in [-0.4, -0.2) is 56.5 Å². The molecule has 1 atom stereocenters. The smallest absolute Gasteiger partial charge is 0.239 e. The summed E-state index contributed by atoms with van der Waals surface area (Å²) in [5, 5.41) is 5.71. The largest absolute Gasteiger partial charge is 0.352 e. The number of rotatable bonds is 8. The van der Waals surface area contributed by atoms with Gasteiger partial charge in [-0.05, 0) is 52.7 Å². The Bertz CT molecular complexity index is 796. The highest BCUT2D eigenvalue weighted by Gasteiger charge is 2.30. The number of aryl methyl sites for hydroxylation is 1. The molecule has 1 aliphatic rings. The summed E-state index contributed by atoms with van der Waals surface area (Å²) in [5.41, 5.74) is 1.09. The minimum absolute atomic E-state index is 0.0778. The Morgan fingerprint density at radius 1 is 1.00 bits per heavy atom. The third kappa shape index (κ3) is 8.81. The summed E-state index contributed by atoms with van der Waals surface area (Å²) in [7, 11) is -1.67. The lowest BCUT2D eigenvalue weighted by atomic mass is 9.95. The molecule has 8 heteroatoms. The molecule has 1 fully saturated rings. The van der Waals surface area contributed by atoms with Gasteiger partial charge in [0.1, 0.15) is 18.1 Å². The van der Waals surface area contributed by atoms with Gasteiger partial charge in [-0.15, -0.1) is 0 Å². The molecule has 1 aromatic carbocycles. The van der Waals surface area contributed by atoms with Gasteiger partial charge in [-0.25, -0.2) is 0 Å². The predicted molar refractivity (Wildman–Crippen MR) is 124 cm³/mol. The number of carbonyl (C=O) groups is 3. The van der Waals surface area contributed by atoms with Crippen LogP contribution in [-0.2, 0) is 25.2 Å². The lowest BCUT2D eigenvalue weighted by Gasteiger charge is -2.35. The number of nitrogens with zero attached hydrogens (tertiary/aromatic N) is 1. The van der Waals surface area contributed by atoms with Crippen LogP contribution >= 0.6 is 0 Å². The molecule has 2 N–H and O–H groups in total. The Morgan fingerprint density at radius 2 is 1.61 bits per heavy atom. The van der Waals surface area contributed by atoms with Crippen LogP contribution in [0.15, 0.2) is 24.3 Å². The van der Waals surface area contributed by atoms with E-state index in [2.05, 4.69) is 10.6 Å². The number of carbonyl (C=O) groups excluding carboxylic acids is 3. The van der Waals surface area contributed by atoms with Crippen LogP contribution in [0.3, 0.4) is 0 Å². The van der Waals surface area contributed by atoms with E-state index >= 15 is 0 Å². The second kappa shape index (κ2) is 11.4. The molecular formula is C23H35N3O4S. The molecule has 7 nitrogen and oxygen atoms in total.